The first-order valence-electron chi connectivity index (χ1n) is 6.47. The quantitative estimate of drug-likeness (QED) is 0.671. The molecule has 122 valence electrons. The summed E-state index contributed by atoms with van der Waals surface area (Å²) in [5, 5.41) is 12.3. The Morgan fingerprint density at radius 3 is 2.67 bits per heavy atom. The van der Waals surface area contributed by atoms with Gasteiger partial charge in [0.1, 0.15) is 23.2 Å². The summed E-state index contributed by atoms with van der Waals surface area (Å²) in [4.78, 5) is 7.15. The third-order valence-corrected chi connectivity index (χ3v) is 2.96. The van der Waals surface area contributed by atoms with Crippen molar-refractivity contribution < 1.29 is 22.3 Å². The van der Waals surface area contributed by atoms with Gasteiger partial charge in [-0.1, -0.05) is 6.07 Å². The molecule has 0 fully saturated rings. The van der Waals surface area contributed by atoms with Crippen LogP contribution in [0.25, 0.3) is 5.78 Å². The molecule has 0 saturated carbocycles. The molecule has 0 aliphatic rings. The molecule has 0 saturated heterocycles. The van der Waals surface area contributed by atoms with Crippen molar-refractivity contribution in [2.75, 3.05) is 0 Å². The molecule has 0 amide bonds. The third-order valence-electron chi connectivity index (χ3n) is 2.96. The summed E-state index contributed by atoms with van der Waals surface area (Å²) in [5.41, 5.74) is -0.0650. The first kappa shape index (κ1) is 15.7. The molecule has 2 heterocycles. The molecule has 6 nitrogen and oxygen atoms in total. The highest BCUT2D eigenvalue weighted by Crippen LogP contribution is 2.30. The lowest BCUT2D eigenvalue weighted by Gasteiger charge is -2.09. The number of halogens is 4. The zero-order valence-corrected chi connectivity index (χ0v) is 12.0. The van der Waals surface area contributed by atoms with Gasteiger partial charge < -0.3 is 4.74 Å². The lowest BCUT2D eigenvalue weighted by molar-refractivity contribution is -0.144. The number of rotatable bonds is 2. The molecule has 0 atom stereocenters. The smallest absolute Gasteiger partial charge is 0.437 e. The number of fused-ring (bicyclic) bond motifs is 1. The Kier molecular flexibility index (Phi) is 3.56. The van der Waals surface area contributed by atoms with E-state index in [1.165, 1.54) is 25.1 Å². The van der Waals surface area contributed by atoms with E-state index in [4.69, 9.17) is 10.00 Å². The molecule has 0 spiro atoms. The maximum Gasteiger partial charge on any atom is 0.453 e. The topological polar surface area (TPSA) is 76.1 Å². The summed E-state index contributed by atoms with van der Waals surface area (Å²) >= 11 is 0. The fourth-order valence-corrected chi connectivity index (χ4v) is 1.96. The molecule has 3 rings (SSSR count). The van der Waals surface area contributed by atoms with Crippen LogP contribution in [0.5, 0.6) is 11.6 Å². The van der Waals surface area contributed by atoms with Crippen LogP contribution in [0.15, 0.2) is 24.3 Å². The van der Waals surface area contributed by atoms with Crippen LogP contribution in [0.1, 0.15) is 17.1 Å². The van der Waals surface area contributed by atoms with Crippen molar-refractivity contribution >= 4 is 5.78 Å². The van der Waals surface area contributed by atoms with Gasteiger partial charge >= 0.3 is 6.18 Å². The largest absolute Gasteiger partial charge is 0.453 e. The van der Waals surface area contributed by atoms with Crippen LogP contribution in [-0.4, -0.2) is 19.6 Å². The number of aryl methyl sites for hydroxylation is 1. The summed E-state index contributed by atoms with van der Waals surface area (Å²) < 4.78 is 58.0. The molecule has 0 aliphatic heterocycles. The van der Waals surface area contributed by atoms with Crippen molar-refractivity contribution in [3.05, 3.63) is 47.2 Å². The number of hydrogen-bond donors (Lipinski definition) is 0. The van der Waals surface area contributed by atoms with E-state index in [1.807, 2.05) is 0 Å². The van der Waals surface area contributed by atoms with Gasteiger partial charge in [-0.3, -0.25) is 0 Å². The van der Waals surface area contributed by atoms with Crippen LogP contribution >= 0.6 is 0 Å². The summed E-state index contributed by atoms with van der Waals surface area (Å²) in [6, 6.07) is 6.62. The van der Waals surface area contributed by atoms with Crippen LogP contribution in [-0.2, 0) is 6.18 Å². The maximum absolute atomic E-state index is 13.6. The van der Waals surface area contributed by atoms with Gasteiger partial charge in [0.25, 0.3) is 11.6 Å². The summed E-state index contributed by atoms with van der Waals surface area (Å²) in [7, 11) is 0. The Balaban J connectivity index is 2.15. The van der Waals surface area contributed by atoms with E-state index in [-0.39, 0.29) is 23.0 Å². The molecule has 1 aromatic carbocycles. The highest BCUT2D eigenvalue weighted by molar-refractivity contribution is 5.46. The molecule has 0 aliphatic carbocycles. The average molecular weight is 337 g/mol. The molecule has 0 radical (unpaired) electrons. The predicted molar refractivity (Wildman–Crippen MR) is 71.7 cm³/mol. The fraction of sp³-hybridized carbons (Fsp3) is 0.143. The number of alkyl halides is 3. The zero-order valence-electron chi connectivity index (χ0n) is 12.0. The number of nitriles is 1. The Bertz CT molecular complexity index is 974. The van der Waals surface area contributed by atoms with E-state index in [0.29, 0.717) is 5.69 Å². The molecular weight excluding hydrogens is 330 g/mol. The molecule has 0 N–H and O–H groups in total. The molecular formula is C14H7F4N5O. The van der Waals surface area contributed by atoms with Gasteiger partial charge in [-0.25, -0.2) is 9.37 Å². The number of aromatic nitrogens is 4. The second-order valence-electron chi connectivity index (χ2n) is 4.71. The molecule has 3 aromatic rings. The van der Waals surface area contributed by atoms with Gasteiger partial charge in [-0.15, -0.1) is 5.10 Å². The normalized spacial score (nSPS) is 11.5. The standard InChI is InChI=1S/C14H7F4N5O/c1-7-5-11(24-10-4-2-3-9(15)8(10)6-19)23-13(20-7)21-12(22-23)14(16,17)18/h2-5H,1H3. The second kappa shape index (κ2) is 5.45. The number of ether oxygens (including phenoxy) is 1. The zero-order chi connectivity index (χ0) is 17.5. The van der Waals surface area contributed by atoms with Gasteiger partial charge in [0, 0.05) is 11.8 Å². The van der Waals surface area contributed by atoms with E-state index < -0.39 is 17.8 Å². The molecule has 24 heavy (non-hydrogen) atoms. The highest BCUT2D eigenvalue weighted by Gasteiger charge is 2.37. The Labute approximate surface area is 131 Å². The van der Waals surface area contributed by atoms with Crippen molar-refractivity contribution in [1.82, 2.24) is 19.6 Å². The average Bonchev–Trinajstić information content (AvgIpc) is 2.91. The van der Waals surface area contributed by atoms with Gasteiger partial charge in [-0.2, -0.15) is 27.9 Å². The SMILES string of the molecule is Cc1cc(Oc2cccc(F)c2C#N)n2nc(C(F)(F)F)nc2n1. The maximum atomic E-state index is 13.6. The third kappa shape index (κ3) is 2.71. The van der Waals surface area contributed by atoms with Crippen LogP contribution in [0.3, 0.4) is 0 Å². The monoisotopic (exact) mass is 337 g/mol. The summed E-state index contributed by atoms with van der Waals surface area (Å²) in [6.07, 6.45) is -4.75. The van der Waals surface area contributed by atoms with Crippen LogP contribution in [0.2, 0.25) is 0 Å². The Hall–Kier alpha value is -3.22. The summed E-state index contributed by atoms with van der Waals surface area (Å²) in [6.45, 7) is 1.52. The van der Waals surface area contributed by atoms with Crippen LogP contribution in [0, 0.1) is 24.1 Å². The Morgan fingerprint density at radius 2 is 2.00 bits per heavy atom. The highest BCUT2D eigenvalue weighted by atomic mass is 19.4. The lowest BCUT2D eigenvalue weighted by atomic mass is 10.2. The van der Waals surface area contributed by atoms with Crippen LogP contribution < -0.4 is 4.74 Å². The second-order valence-corrected chi connectivity index (χ2v) is 4.71. The lowest BCUT2D eigenvalue weighted by Crippen LogP contribution is -2.08. The van der Waals surface area contributed by atoms with Crippen molar-refractivity contribution in [2.24, 2.45) is 0 Å². The summed E-state index contributed by atoms with van der Waals surface area (Å²) in [5.74, 6) is -2.86. The Morgan fingerprint density at radius 1 is 1.25 bits per heavy atom. The van der Waals surface area contributed by atoms with E-state index in [2.05, 4.69) is 15.1 Å². The first-order valence-corrected chi connectivity index (χ1v) is 6.47. The first-order chi connectivity index (χ1) is 11.3. The minimum absolute atomic E-state index is 0.159. The molecule has 0 bridgehead atoms. The van der Waals surface area contributed by atoms with Crippen molar-refractivity contribution in [3.63, 3.8) is 0 Å². The van der Waals surface area contributed by atoms with Gasteiger partial charge in [0.2, 0.25) is 5.88 Å². The van der Waals surface area contributed by atoms with Gasteiger partial charge in [-0.05, 0) is 19.1 Å². The van der Waals surface area contributed by atoms with Crippen molar-refractivity contribution in [3.8, 4) is 17.7 Å². The molecule has 2 aromatic heterocycles. The number of benzene rings is 1. The number of hydrogen-bond acceptors (Lipinski definition) is 5. The van der Waals surface area contributed by atoms with Gasteiger partial charge in [0.15, 0.2) is 0 Å². The van der Waals surface area contributed by atoms with Crippen molar-refractivity contribution in [1.29, 1.82) is 5.26 Å². The van der Waals surface area contributed by atoms with E-state index >= 15 is 0 Å². The minimum Gasteiger partial charge on any atom is -0.437 e. The number of nitrogens with zero attached hydrogens (tertiary/aromatic N) is 5. The van der Waals surface area contributed by atoms with E-state index in [9.17, 15) is 17.6 Å². The molecule has 10 heteroatoms. The van der Waals surface area contributed by atoms with E-state index in [1.54, 1.807) is 6.07 Å². The van der Waals surface area contributed by atoms with E-state index in [0.717, 1.165) is 10.6 Å². The van der Waals surface area contributed by atoms with Crippen LogP contribution in [0.4, 0.5) is 17.6 Å². The minimum atomic E-state index is -4.75. The molecule has 0 unspecified atom stereocenters. The fourth-order valence-electron chi connectivity index (χ4n) is 1.96. The predicted octanol–water partition coefficient (Wildman–Crippen LogP) is 3.25. The van der Waals surface area contributed by atoms with Gasteiger partial charge in [0.05, 0.1) is 0 Å². The van der Waals surface area contributed by atoms with Crippen molar-refractivity contribution in [2.45, 2.75) is 13.1 Å².